The van der Waals surface area contributed by atoms with Crippen molar-refractivity contribution < 1.29 is 14.2 Å². The van der Waals surface area contributed by atoms with Gasteiger partial charge in [0.2, 0.25) is 0 Å². The summed E-state index contributed by atoms with van der Waals surface area (Å²) in [5.74, 6) is 1.58. The molecule has 0 bridgehead atoms. The van der Waals surface area contributed by atoms with E-state index < -0.39 is 0 Å². The van der Waals surface area contributed by atoms with Crippen molar-refractivity contribution in [1.29, 1.82) is 0 Å². The maximum Gasteiger partial charge on any atom is 0.165 e. The number of benzene rings is 1. The number of methoxy groups -OCH3 is 3. The van der Waals surface area contributed by atoms with Gasteiger partial charge in [-0.3, -0.25) is 0 Å². The maximum absolute atomic E-state index is 5.38. The van der Waals surface area contributed by atoms with E-state index in [1.807, 2.05) is 18.2 Å². The van der Waals surface area contributed by atoms with Gasteiger partial charge >= 0.3 is 0 Å². The fourth-order valence-electron chi connectivity index (χ4n) is 1.81. The molecular weight excluding hydrogens is 230 g/mol. The highest BCUT2D eigenvalue weighted by Gasteiger charge is 2.08. The van der Waals surface area contributed by atoms with E-state index in [9.17, 15) is 0 Å². The molecule has 1 N–H and O–H groups in total. The Bertz CT molecular complexity index is 342. The van der Waals surface area contributed by atoms with E-state index in [-0.39, 0.29) is 0 Å². The molecule has 18 heavy (non-hydrogen) atoms. The first-order valence-electron chi connectivity index (χ1n) is 6.23. The Kier molecular flexibility index (Phi) is 7.22. The Labute approximate surface area is 109 Å². The predicted molar refractivity (Wildman–Crippen MR) is 72.4 cm³/mol. The average Bonchev–Trinajstić information content (AvgIpc) is 2.42. The summed E-state index contributed by atoms with van der Waals surface area (Å²) in [7, 11) is 5.05. The van der Waals surface area contributed by atoms with E-state index in [2.05, 4.69) is 5.32 Å². The Morgan fingerprint density at radius 2 is 1.89 bits per heavy atom. The third-order valence-electron chi connectivity index (χ3n) is 2.75. The lowest BCUT2D eigenvalue weighted by Crippen LogP contribution is -2.15. The molecule has 0 amide bonds. The Morgan fingerprint density at radius 1 is 1.06 bits per heavy atom. The van der Waals surface area contributed by atoms with E-state index in [0.717, 1.165) is 49.6 Å². The maximum atomic E-state index is 5.38. The topological polar surface area (TPSA) is 39.7 Å². The van der Waals surface area contributed by atoms with E-state index in [0.29, 0.717) is 0 Å². The molecule has 102 valence electrons. The molecule has 0 heterocycles. The van der Waals surface area contributed by atoms with Gasteiger partial charge in [0.25, 0.3) is 0 Å². The van der Waals surface area contributed by atoms with Crippen molar-refractivity contribution in [3.63, 3.8) is 0 Å². The van der Waals surface area contributed by atoms with Gasteiger partial charge in [0.05, 0.1) is 14.2 Å². The summed E-state index contributed by atoms with van der Waals surface area (Å²) in [5.41, 5.74) is 1.11. The van der Waals surface area contributed by atoms with Crippen molar-refractivity contribution >= 4 is 0 Å². The van der Waals surface area contributed by atoms with Gasteiger partial charge in [-0.1, -0.05) is 12.1 Å². The van der Waals surface area contributed by atoms with Crippen LogP contribution in [0.3, 0.4) is 0 Å². The second kappa shape index (κ2) is 8.78. The summed E-state index contributed by atoms with van der Waals surface area (Å²) in [6, 6.07) is 5.92. The molecule has 0 unspecified atom stereocenters. The molecule has 0 aliphatic rings. The molecule has 0 aromatic heterocycles. The number of para-hydroxylation sites is 1. The zero-order valence-electron chi connectivity index (χ0n) is 11.5. The van der Waals surface area contributed by atoms with Gasteiger partial charge in [-0.05, 0) is 25.5 Å². The Morgan fingerprint density at radius 3 is 2.56 bits per heavy atom. The van der Waals surface area contributed by atoms with Gasteiger partial charge < -0.3 is 19.5 Å². The fraction of sp³-hybridized carbons (Fsp3) is 0.571. The molecule has 4 nitrogen and oxygen atoms in total. The van der Waals surface area contributed by atoms with Crippen LogP contribution in [0.2, 0.25) is 0 Å². The quantitative estimate of drug-likeness (QED) is 0.685. The van der Waals surface area contributed by atoms with Crippen molar-refractivity contribution in [3.8, 4) is 11.5 Å². The highest BCUT2D eigenvalue weighted by atomic mass is 16.5. The standard InChI is InChI=1S/C14H23NO3/c1-16-10-5-4-9-15-11-12-7-6-8-13(17-2)14(12)18-3/h6-8,15H,4-5,9-11H2,1-3H3. The van der Waals surface area contributed by atoms with Crippen LogP contribution in [-0.4, -0.2) is 34.5 Å². The molecule has 0 atom stereocenters. The molecule has 0 saturated heterocycles. The molecule has 0 spiro atoms. The first kappa shape index (κ1) is 14.8. The minimum atomic E-state index is 0.774. The van der Waals surface area contributed by atoms with Gasteiger partial charge in [0.1, 0.15) is 0 Å². The number of nitrogens with one attached hydrogen (secondary N) is 1. The molecule has 0 saturated carbocycles. The molecule has 0 aliphatic carbocycles. The second-order valence-corrected chi connectivity index (χ2v) is 4.03. The van der Waals surface area contributed by atoms with Gasteiger partial charge in [-0.2, -0.15) is 0 Å². The molecule has 0 fully saturated rings. The van der Waals surface area contributed by atoms with Gasteiger partial charge in [-0.25, -0.2) is 0 Å². The van der Waals surface area contributed by atoms with Crippen LogP contribution >= 0.6 is 0 Å². The molecule has 4 heteroatoms. The van der Waals surface area contributed by atoms with Crippen LogP contribution in [0.25, 0.3) is 0 Å². The summed E-state index contributed by atoms with van der Waals surface area (Å²) in [6.07, 6.45) is 2.19. The lowest BCUT2D eigenvalue weighted by atomic mass is 10.2. The van der Waals surface area contributed by atoms with Crippen LogP contribution in [0.4, 0.5) is 0 Å². The van der Waals surface area contributed by atoms with Crippen LogP contribution in [0, 0.1) is 0 Å². The number of hydrogen-bond donors (Lipinski definition) is 1. The van der Waals surface area contributed by atoms with Crippen LogP contribution < -0.4 is 14.8 Å². The summed E-state index contributed by atoms with van der Waals surface area (Å²) in [5, 5.41) is 3.40. The van der Waals surface area contributed by atoms with Crippen molar-refractivity contribution in [1.82, 2.24) is 5.32 Å². The summed E-state index contributed by atoms with van der Waals surface area (Å²) in [4.78, 5) is 0. The van der Waals surface area contributed by atoms with Crippen molar-refractivity contribution in [3.05, 3.63) is 23.8 Å². The zero-order chi connectivity index (χ0) is 13.2. The minimum absolute atomic E-state index is 0.774. The molecule has 1 aromatic carbocycles. The Balaban J connectivity index is 2.41. The van der Waals surface area contributed by atoms with Gasteiger partial charge in [0.15, 0.2) is 11.5 Å². The molecule has 1 rings (SSSR count). The van der Waals surface area contributed by atoms with Crippen LogP contribution in [0.1, 0.15) is 18.4 Å². The highest BCUT2D eigenvalue weighted by molar-refractivity contribution is 5.46. The molecular formula is C14H23NO3. The van der Waals surface area contributed by atoms with Crippen molar-refractivity contribution in [2.75, 3.05) is 34.5 Å². The van der Waals surface area contributed by atoms with Gasteiger partial charge in [0, 0.05) is 25.8 Å². The number of hydrogen-bond acceptors (Lipinski definition) is 4. The van der Waals surface area contributed by atoms with Crippen molar-refractivity contribution in [2.45, 2.75) is 19.4 Å². The summed E-state index contributed by atoms with van der Waals surface area (Å²) < 4.78 is 15.7. The normalized spacial score (nSPS) is 10.4. The third kappa shape index (κ3) is 4.55. The lowest BCUT2D eigenvalue weighted by Gasteiger charge is -2.13. The first-order chi connectivity index (χ1) is 8.83. The smallest absolute Gasteiger partial charge is 0.165 e. The number of unbranched alkanes of at least 4 members (excludes halogenated alkanes) is 1. The van der Waals surface area contributed by atoms with E-state index in [1.54, 1.807) is 21.3 Å². The summed E-state index contributed by atoms with van der Waals surface area (Å²) >= 11 is 0. The van der Waals surface area contributed by atoms with Gasteiger partial charge in [-0.15, -0.1) is 0 Å². The first-order valence-corrected chi connectivity index (χ1v) is 6.23. The SMILES string of the molecule is COCCCCNCc1cccc(OC)c1OC. The van der Waals surface area contributed by atoms with Crippen LogP contribution in [-0.2, 0) is 11.3 Å². The number of rotatable bonds is 9. The largest absolute Gasteiger partial charge is 0.493 e. The monoisotopic (exact) mass is 253 g/mol. The Hall–Kier alpha value is -1.26. The molecule has 0 aliphatic heterocycles. The predicted octanol–water partition coefficient (Wildman–Crippen LogP) is 2.22. The fourth-order valence-corrected chi connectivity index (χ4v) is 1.81. The molecule has 1 aromatic rings. The van der Waals surface area contributed by atoms with Crippen LogP contribution in [0.5, 0.6) is 11.5 Å². The van der Waals surface area contributed by atoms with E-state index in [1.165, 1.54) is 0 Å². The zero-order valence-corrected chi connectivity index (χ0v) is 11.5. The average molecular weight is 253 g/mol. The van der Waals surface area contributed by atoms with Crippen LogP contribution in [0.15, 0.2) is 18.2 Å². The summed E-state index contributed by atoms with van der Waals surface area (Å²) in [6.45, 7) is 2.58. The molecule has 0 radical (unpaired) electrons. The van der Waals surface area contributed by atoms with E-state index in [4.69, 9.17) is 14.2 Å². The number of ether oxygens (including phenoxy) is 3. The minimum Gasteiger partial charge on any atom is -0.493 e. The van der Waals surface area contributed by atoms with Crippen molar-refractivity contribution in [2.24, 2.45) is 0 Å². The highest BCUT2D eigenvalue weighted by Crippen LogP contribution is 2.30. The second-order valence-electron chi connectivity index (χ2n) is 4.03. The lowest BCUT2D eigenvalue weighted by molar-refractivity contribution is 0.192. The van der Waals surface area contributed by atoms with E-state index >= 15 is 0 Å². The third-order valence-corrected chi connectivity index (χ3v) is 2.75.